The first kappa shape index (κ1) is 14.3. The second-order valence-corrected chi connectivity index (χ2v) is 5.88. The van der Waals surface area contributed by atoms with Crippen molar-refractivity contribution in [2.75, 3.05) is 32.7 Å². The van der Waals surface area contributed by atoms with Gasteiger partial charge in [0.15, 0.2) is 0 Å². The first-order valence-electron chi connectivity index (χ1n) is 6.29. The molecule has 0 aromatic carbocycles. The van der Waals surface area contributed by atoms with E-state index in [9.17, 15) is 0 Å². The van der Waals surface area contributed by atoms with Crippen LogP contribution < -0.4 is 5.73 Å². The van der Waals surface area contributed by atoms with E-state index in [4.69, 9.17) is 10.9 Å². The minimum atomic E-state index is 0.112. The standard InChI is InChI=1S/C12H26N4O/c1-10(11(13)14-17)9-15-5-7-16(8-6-15)12(2,3)4/h10,17H,5-9H2,1-4H3,(H2,13,14). The molecule has 1 fully saturated rings. The summed E-state index contributed by atoms with van der Waals surface area (Å²) in [6.07, 6.45) is 0. The number of hydrogen-bond donors (Lipinski definition) is 2. The molecule has 0 aliphatic carbocycles. The van der Waals surface area contributed by atoms with Crippen LogP contribution in [-0.2, 0) is 0 Å². The highest BCUT2D eigenvalue weighted by Gasteiger charge is 2.26. The average molecular weight is 242 g/mol. The molecule has 0 saturated carbocycles. The quantitative estimate of drug-likeness (QED) is 0.332. The molecule has 1 heterocycles. The number of oxime groups is 1. The molecule has 0 amide bonds. The maximum atomic E-state index is 8.62. The van der Waals surface area contributed by atoms with Crippen molar-refractivity contribution in [2.45, 2.75) is 33.2 Å². The van der Waals surface area contributed by atoms with Crippen molar-refractivity contribution in [3.63, 3.8) is 0 Å². The molecule has 1 aliphatic rings. The second kappa shape index (κ2) is 5.69. The van der Waals surface area contributed by atoms with Crippen LogP contribution in [0.2, 0.25) is 0 Å². The van der Waals surface area contributed by atoms with Gasteiger partial charge in [0.25, 0.3) is 0 Å². The molecule has 3 N–H and O–H groups in total. The summed E-state index contributed by atoms with van der Waals surface area (Å²) in [5, 5.41) is 11.7. The fourth-order valence-corrected chi connectivity index (χ4v) is 2.18. The Kier molecular flexibility index (Phi) is 4.77. The van der Waals surface area contributed by atoms with Crippen molar-refractivity contribution in [1.82, 2.24) is 9.80 Å². The average Bonchev–Trinajstić information content (AvgIpc) is 2.27. The van der Waals surface area contributed by atoms with E-state index in [1.54, 1.807) is 0 Å². The van der Waals surface area contributed by atoms with Crippen LogP contribution >= 0.6 is 0 Å². The van der Waals surface area contributed by atoms with Crippen molar-refractivity contribution < 1.29 is 5.21 Å². The van der Waals surface area contributed by atoms with Crippen LogP contribution in [0.15, 0.2) is 5.16 Å². The van der Waals surface area contributed by atoms with Gasteiger partial charge in [-0.05, 0) is 20.8 Å². The molecule has 100 valence electrons. The number of amidine groups is 1. The lowest BCUT2D eigenvalue weighted by Crippen LogP contribution is -2.54. The van der Waals surface area contributed by atoms with E-state index in [1.807, 2.05) is 6.92 Å². The largest absolute Gasteiger partial charge is 0.409 e. The molecule has 17 heavy (non-hydrogen) atoms. The van der Waals surface area contributed by atoms with Crippen LogP contribution in [0.5, 0.6) is 0 Å². The summed E-state index contributed by atoms with van der Waals surface area (Å²) in [7, 11) is 0. The third-order valence-corrected chi connectivity index (χ3v) is 3.47. The van der Waals surface area contributed by atoms with Gasteiger partial charge in [0.2, 0.25) is 0 Å². The molecule has 1 atom stereocenters. The number of rotatable bonds is 3. The van der Waals surface area contributed by atoms with Crippen molar-refractivity contribution >= 4 is 5.84 Å². The molecule has 0 bridgehead atoms. The van der Waals surface area contributed by atoms with Gasteiger partial charge in [0, 0.05) is 44.2 Å². The third-order valence-electron chi connectivity index (χ3n) is 3.47. The van der Waals surface area contributed by atoms with E-state index < -0.39 is 0 Å². The van der Waals surface area contributed by atoms with Gasteiger partial charge < -0.3 is 15.8 Å². The molecule has 0 aromatic rings. The normalized spacial score (nSPS) is 22.7. The van der Waals surface area contributed by atoms with Crippen LogP contribution in [0.1, 0.15) is 27.7 Å². The van der Waals surface area contributed by atoms with Crippen molar-refractivity contribution in [3.05, 3.63) is 0 Å². The first-order valence-corrected chi connectivity index (χ1v) is 6.29. The number of nitrogens with two attached hydrogens (primary N) is 1. The van der Waals surface area contributed by atoms with Crippen molar-refractivity contribution in [1.29, 1.82) is 0 Å². The molecule has 0 aromatic heterocycles. The summed E-state index contributed by atoms with van der Waals surface area (Å²) >= 11 is 0. The van der Waals surface area contributed by atoms with Gasteiger partial charge >= 0.3 is 0 Å². The number of piperazine rings is 1. The monoisotopic (exact) mass is 242 g/mol. The Morgan fingerprint density at radius 3 is 2.24 bits per heavy atom. The minimum absolute atomic E-state index is 0.112. The first-order chi connectivity index (χ1) is 7.84. The predicted molar refractivity (Wildman–Crippen MR) is 70.3 cm³/mol. The highest BCUT2D eigenvalue weighted by molar-refractivity contribution is 5.82. The maximum Gasteiger partial charge on any atom is 0.143 e. The van der Waals surface area contributed by atoms with Gasteiger partial charge in [-0.3, -0.25) is 4.90 Å². The molecular formula is C12H26N4O. The second-order valence-electron chi connectivity index (χ2n) is 5.88. The van der Waals surface area contributed by atoms with Crippen LogP contribution in [0, 0.1) is 5.92 Å². The Balaban J connectivity index is 2.38. The van der Waals surface area contributed by atoms with Crippen molar-refractivity contribution in [3.8, 4) is 0 Å². The van der Waals surface area contributed by atoms with Crippen molar-refractivity contribution in [2.24, 2.45) is 16.8 Å². The van der Waals surface area contributed by atoms with Gasteiger partial charge in [0.1, 0.15) is 5.84 Å². The lowest BCUT2D eigenvalue weighted by atomic mass is 10.0. The molecule has 1 rings (SSSR count). The molecule has 5 heteroatoms. The molecule has 1 saturated heterocycles. The lowest BCUT2D eigenvalue weighted by Gasteiger charge is -2.42. The van der Waals surface area contributed by atoms with Crippen LogP contribution in [0.3, 0.4) is 0 Å². The number of nitrogens with zero attached hydrogens (tertiary/aromatic N) is 3. The van der Waals surface area contributed by atoms with Gasteiger partial charge in [0.05, 0.1) is 0 Å². The van der Waals surface area contributed by atoms with E-state index in [-0.39, 0.29) is 11.5 Å². The van der Waals surface area contributed by atoms with E-state index in [2.05, 4.69) is 35.7 Å². The topological polar surface area (TPSA) is 65.1 Å². The molecule has 5 nitrogen and oxygen atoms in total. The molecule has 0 radical (unpaired) electrons. The highest BCUT2D eigenvalue weighted by atomic mass is 16.4. The summed E-state index contributed by atoms with van der Waals surface area (Å²) in [6, 6.07) is 0. The number of hydrogen-bond acceptors (Lipinski definition) is 4. The zero-order chi connectivity index (χ0) is 13.1. The lowest BCUT2D eigenvalue weighted by molar-refractivity contribution is 0.0596. The Labute approximate surface area is 104 Å². The summed E-state index contributed by atoms with van der Waals surface area (Å²) in [5.74, 6) is 0.435. The smallest absolute Gasteiger partial charge is 0.143 e. The molecule has 0 spiro atoms. The molecule has 1 unspecified atom stereocenters. The van der Waals surface area contributed by atoms with E-state index in [0.717, 1.165) is 32.7 Å². The van der Waals surface area contributed by atoms with Crippen LogP contribution in [0.4, 0.5) is 0 Å². The summed E-state index contributed by atoms with van der Waals surface area (Å²) in [6.45, 7) is 13.9. The van der Waals surface area contributed by atoms with E-state index in [0.29, 0.717) is 5.84 Å². The Hall–Kier alpha value is -0.810. The van der Waals surface area contributed by atoms with Crippen LogP contribution in [0.25, 0.3) is 0 Å². The van der Waals surface area contributed by atoms with Gasteiger partial charge in [-0.15, -0.1) is 0 Å². The predicted octanol–water partition coefficient (Wildman–Crippen LogP) is 0.785. The third kappa shape index (κ3) is 4.16. The molecular weight excluding hydrogens is 216 g/mol. The fraction of sp³-hybridized carbons (Fsp3) is 0.917. The minimum Gasteiger partial charge on any atom is -0.409 e. The van der Waals surface area contributed by atoms with E-state index in [1.165, 1.54) is 0 Å². The Morgan fingerprint density at radius 2 is 1.82 bits per heavy atom. The highest BCUT2D eigenvalue weighted by Crippen LogP contribution is 2.16. The summed E-state index contributed by atoms with van der Waals surface area (Å²) in [5.41, 5.74) is 5.85. The van der Waals surface area contributed by atoms with Crippen LogP contribution in [-0.4, -0.2) is 59.1 Å². The molecule has 1 aliphatic heterocycles. The Morgan fingerprint density at radius 1 is 1.29 bits per heavy atom. The Bertz CT molecular complexity index is 264. The zero-order valence-corrected chi connectivity index (χ0v) is 11.5. The summed E-state index contributed by atoms with van der Waals surface area (Å²) < 4.78 is 0. The fourth-order valence-electron chi connectivity index (χ4n) is 2.18. The zero-order valence-electron chi connectivity index (χ0n) is 11.5. The van der Waals surface area contributed by atoms with Gasteiger partial charge in [-0.25, -0.2) is 0 Å². The van der Waals surface area contributed by atoms with Gasteiger partial charge in [-0.2, -0.15) is 0 Å². The summed E-state index contributed by atoms with van der Waals surface area (Å²) in [4.78, 5) is 4.88. The van der Waals surface area contributed by atoms with E-state index >= 15 is 0 Å². The maximum absolute atomic E-state index is 8.62. The van der Waals surface area contributed by atoms with Gasteiger partial charge in [-0.1, -0.05) is 12.1 Å². The SMILES string of the molecule is CC(CN1CCN(C(C)(C)C)CC1)C(N)=NO.